The molecule has 0 aliphatic heterocycles. The molecule has 0 fully saturated rings. The van der Waals surface area contributed by atoms with Crippen LogP contribution in [0.25, 0.3) is 0 Å². The summed E-state index contributed by atoms with van der Waals surface area (Å²) in [5, 5.41) is 9.90. The Kier molecular flexibility index (Phi) is 5.54. The molecule has 1 rings (SSSR count). The third-order valence-corrected chi connectivity index (χ3v) is 3.28. The Morgan fingerprint density at radius 1 is 1.00 bits per heavy atom. The molecule has 0 aromatic carbocycles. The van der Waals surface area contributed by atoms with Gasteiger partial charge in [0, 0.05) is 0 Å². The van der Waals surface area contributed by atoms with Crippen LogP contribution < -0.4 is 0 Å². The van der Waals surface area contributed by atoms with Gasteiger partial charge in [0.05, 0.1) is 6.10 Å². The molecule has 0 aromatic heterocycles. The van der Waals surface area contributed by atoms with Gasteiger partial charge in [-0.1, -0.05) is 29.4 Å². The van der Waals surface area contributed by atoms with Gasteiger partial charge in [-0.05, 0) is 58.4 Å². The average molecular weight is 220 g/mol. The fourth-order valence-electron chi connectivity index (χ4n) is 1.90. The van der Waals surface area contributed by atoms with Gasteiger partial charge < -0.3 is 5.11 Å². The number of hydrogen-bond acceptors (Lipinski definition) is 1. The Labute approximate surface area is 99.6 Å². The first-order chi connectivity index (χ1) is 7.59. The van der Waals surface area contributed by atoms with Gasteiger partial charge in [-0.25, -0.2) is 0 Å². The van der Waals surface area contributed by atoms with E-state index in [1.165, 1.54) is 11.1 Å². The molecule has 0 bridgehead atoms. The van der Waals surface area contributed by atoms with Gasteiger partial charge in [-0.3, -0.25) is 0 Å². The second-order valence-electron chi connectivity index (χ2n) is 4.88. The van der Waals surface area contributed by atoms with E-state index < -0.39 is 0 Å². The Morgan fingerprint density at radius 3 is 2.31 bits per heavy atom. The summed E-state index contributed by atoms with van der Waals surface area (Å²) < 4.78 is 0. The van der Waals surface area contributed by atoms with E-state index in [0.717, 1.165) is 37.7 Å². The number of aliphatic hydroxyl groups excluding tert-OH is 1. The summed E-state index contributed by atoms with van der Waals surface area (Å²) >= 11 is 0. The molecule has 0 saturated heterocycles. The monoisotopic (exact) mass is 220 g/mol. The second kappa shape index (κ2) is 6.70. The summed E-state index contributed by atoms with van der Waals surface area (Å²) in [4.78, 5) is 0. The second-order valence-corrected chi connectivity index (χ2v) is 4.88. The molecule has 16 heavy (non-hydrogen) atoms. The number of hydrogen-bond donors (Lipinski definition) is 1. The maximum absolute atomic E-state index is 9.90. The predicted molar refractivity (Wildman–Crippen MR) is 70.4 cm³/mol. The molecule has 1 atom stereocenters. The van der Waals surface area contributed by atoms with Gasteiger partial charge in [0.2, 0.25) is 0 Å². The van der Waals surface area contributed by atoms with Crippen LogP contribution in [-0.4, -0.2) is 11.2 Å². The van der Waals surface area contributed by atoms with Gasteiger partial charge >= 0.3 is 0 Å². The lowest BCUT2D eigenvalue weighted by atomic mass is 10.00. The van der Waals surface area contributed by atoms with Crippen LogP contribution in [0.1, 0.15) is 52.9 Å². The van der Waals surface area contributed by atoms with Gasteiger partial charge in [-0.2, -0.15) is 0 Å². The van der Waals surface area contributed by atoms with E-state index in [9.17, 15) is 5.11 Å². The van der Waals surface area contributed by atoms with Crippen LogP contribution in [0, 0.1) is 0 Å². The van der Waals surface area contributed by atoms with Gasteiger partial charge in [0.25, 0.3) is 0 Å². The zero-order valence-electron chi connectivity index (χ0n) is 10.8. The van der Waals surface area contributed by atoms with Gasteiger partial charge in [0.1, 0.15) is 0 Å². The predicted octanol–water partition coefficient (Wildman–Crippen LogP) is 4.15. The molecule has 90 valence electrons. The lowest BCUT2D eigenvalue weighted by Crippen LogP contribution is -2.07. The minimum Gasteiger partial charge on any atom is -0.389 e. The summed E-state index contributed by atoms with van der Waals surface area (Å²) in [6.07, 6.45) is 11.5. The topological polar surface area (TPSA) is 20.2 Å². The van der Waals surface area contributed by atoms with Crippen LogP contribution in [0.5, 0.6) is 0 Å². The summed E-state index contributed by atoms with van der Waals surface area (Å²) in [5.74, 6) is 0. The SMILES string of the molecule is CC1=CCC=C(C)C(O)CCC=C(C)CC1. The smallest absolute Gasteiger partial charge is 0.0750 e. The molecule has 1 N–H and O–H groups in total. The lowest BCUT2D eigenvalue weighted by molar-refractivity contribution is 0.201. The quantitative estimate of drug-likeness (QED) is 0.608. The Hall–Kier alpha value is -0.820. The molecule has 0 amide bonds. The maximum atomic E-state index is 9.90. The molecule has 0 heterocycles. The first-order valence-corrected chi connectivity index (χ1v) is 6.25. The van der Waals surface area contributed by atoms with Crippen LogP contribution in [0.3, 0.4) is 0 Å². The molecule has 1 nitrogen and oxygen atoms in total. The third-order valence-electron chi connectivity index (χ3n) is 3.28. The van der Waals surface area contributed by atoms with Crippen LogP contribution >= 0.6 is 0 Å². The third kappa shape index (κ3) is 4.80. The first kappa shape index (κ1) is 13.2. The van der Waals surface area contributed by atoms with Crippen molar-refractivity contribution < 1.29 is 5.11 Å². The average Bonchev–Trinajstić information content (AvgIpc) is 2.24. The van der Waals surface area contributed by atoms with Crippen molar-refractivity contribution in [1.29, 1.82) is 0 Å². The molecular weight excluding hydrogens is 196 g/mol. The van der Waals surface area contributed by atoms with Crippen molar-refractivity contribution in [2.24, 2.45) is 0 Å². The Morgan fingerprint density at radius 2 is 1.62 bits per heavy atom. The van der Waals surface area contributed by atoms with E-state index in [2.05, 4.69) is 32.1 Å². The van der Waals surface area contributed by atoms with Crippen molar-refractivity contribution in [3.05, 3.63) is 34.9 Å². The summed E-state index contributed by atoms with van der Waals surface area (Å²) in [7, 11) is 0. The molecule has 0 radical (unpaired) electrons. The molecule has 0 spiro atoms. The molecule has 1 heteroatoms. The highest BCUT2D eigenvalue weighted by Crippen LogP contribution is 2.16. The molecular formula is C15H24O. The van der Waals surface area contributed by atoms with Crippen LogP contribution in [0.4, 0.5) is 0 Å². The molecule has 1 unspecified atom stereocenters. The van der Waals surface area contributed by atoms with E-state index in [4.69, 9.17) is 0 Å². The molecule has 0 aromatic rings. The minimum absolute atomic E-state index is 0.266. The van der Waals surface area contributed by atoms with Crippen molar-refractivity contribution in [3.8, 4) is 0 Å². The number of aliphatic hydroxyl groups is 1. The molecule has 0 saturated carbocycles. The van der Waals surface area contributed by atoms with Crippen molar-refractivity contribution in [2.45, 2.75) is 59.0 Å². The van der Waals surface area contributed by atoms with Crippen molar-refractivity contribution in [3.63, 3.8) is 0 Å². The maximum Gasteiger partial charge on any atom is 0.0750 e. The highest BCUT2D eigenvalue weighted by Gasteiger charge is 2.05. The zero-order valence-corrected chi connectivity index (χ0v) is 10.8. The van der Waals surface area contributed by atoms with E-state index in [1.54, 1.807) is 0 Å². The van der Waals surface area contributed by atoms with Crippen molar-refractivity contribution in [1.82, 2.24) is 0 Å². The number of rotatable bonds is 0. The summed E-state index contributed by atoms with van der Waals surface area (Å²) in [6.45, 7) is 6.41. The van der Waals surface area contributed by atoms with Crippen molar-refractivity contribution in [2.75, 3.05) is 0 Å². The summed E-state index contributed by atoms with van der Waals surface area (Å²) in [6, 6.07) is 0. The van der Waals surface area contributed by atoms with E-state index in [0.29, 0.717) is 0 Å². The minimum atomic E-state index is -0.266. The van der Waals surface area contributed by atoms with E-state index in [-0.39, 0.29) is 6.10 Å². The Balaban J connectivity index is 2.73. The van der Waals surface area contributed by atoms with Crippen molar-refractivity contribution >= 4 is 0 Å². The molecule has 1 aliphatic rings. The van der Waals surface area contributed by atoms with Crippen LogP contribution in [-0.2, 0) is 0 Å². The highest BCUT2D eigenvalue weighted by molar-refractivity contribution is 5.12. The Bertz CT molecular complexity index is 307. The molecule has 1 aliphatic carbocycles. The zero-order chi connectivity index (χ0) is 12.0. The normalized spacial score (nSPS) is 24.8. The first-order valence-electron chi connectivity index (χ1n) is 6.25. The summed E-state index contributed by atoms with van der Waals surface area (Å²) in [5.41, 5.74) is 4.00. The van der Waals surface area contributed by atoms with Gasteiger partial charge in [0.15, 0.2) is 0 Å². The largest absolute Gasteiger partial charge is 0.389 e. The van der Waals surface area contributed by atoms with Gasteiger partial charge in [-0.15, -0.1) is 0 Å². The lowest BCUT2D eigenvalue weighted by Gasteiger charge is -2.11. The standard InChI is InChI=1S/C15H24O/c1-12-6-4-8-14(3)15(16)9-5-7-13(2)11-10-12/h6-8,15-16H,4-5,9-11H2,1-3H3. The fraction of sp³-hybridized carbons (Fsp3) is 0.600. The van der Waals surface area contributed by atoms with Crippen LogP contribution in [0.2, 0.25) is 0 Å². The highest BCUT2D eigenvalue weighted by atomic mass is 16.3. The number of allylic oxidation sites excluding steroid dienone is 5. The fourth-order valence-corrected chi connectivity index (χ4v) is 1.90. The van der Waals surface area contributed by atoms with E-state index in [1.807, 2.05) is 6.92 Å². The van der Waals surface area contributed by atoms with E-state index >= 15 is 0 Å². The van der Waals surface area contributed by atoms with Crippen LogP contribution in [0.15, 0.2) is 34.9 Å².